The molecule has 2 N–H and O–H groups in total. The predicted octanol–water partition coefficient (Wildman–Crippen LogP) is 1.04. The largest absolute Gasteiger partial charge is 0.480 e. The molecule has 128 valence electrons. The number of rotatable bonds is 7. The first kappa shape index (κ1) is 17.6. The van der Waals surface area contributed by atoms with Gasteiger partial charge in [-0.3, -0.25) is 4.79 Å². The number of aromatic nitrogens is 3. The van der Waals surface area contributed by atoms with Gasteiger partial charge in [0, 0.05) is 11.4 Å². The van der Waals surface area contributed by atoms with Crippen LogP contribution < -0.4 is 5.32 Å². The molecular weight excluding hydrogens is 312 g/mol. The van der Waals surface area contributed by atoms with E-state index in [0.717, 1.165) is 11.4 Å². The van der Waals surface area contributed by atoms with Crippen LogP contribution in [0.15, 0.2) is 18.7 Å². The Hall–Kier alpha value is -2.74. The maximum atomic E-state index is 12.6. The standard InChI is InChI=1S/C16H20N4O4/c1-5-6-24-8-12(16(22)23)18-15(21)13-11(4)19-20-10(3)7-9(2)17-14(13)20/h5,7,12H,1,6,8H2,2-4H3,(H,18,21)(H,22,23). The lowest BCUT2D eigenvalue weighted by Gasteiger charge is -2.14. The van der Waals surface area contributed by atoms with Crippen LogP contribution in [0.25, 0.3) is 5.65 Å². The van der Waals surface area contributed by atoms with Gasteiger partial charge in [0.2, 0.25) is 0 Å². The van der Waals surface area contributed by atoms with Crippen LogP contribution in [0.4, 0.5) is 0 Å². The molecule has 2 aromatic heterocycles. The van der Waals surface area contributed by atoms with E-state index in [4.69, 9.17) is 4.74 Å². The summed E-state index contributed by atoms with van der Waals surface area (Å²) in [7, 11) is 0. The summed E-state index contributed by atoms with van der Waals surface area (Å²) in [5.74, 6) is -1.73. The molecule has 0 saturated carbocycles. The van der Waals surface area contributed by atoms with Crippen molar-refractivity contribution >= 4 is 17.5 Å². The molecule has 2 heterocycles. The van der Waals surface area contributed by atoms with Crippen molar-refractivity contribution in [3.63, 3.8) is 0 Å². The molecule has 1 amide bonds. The number of aryl methyl sites for hydroxylation is 3. The summed E-state index contributed by atoms with van der Waals surface area (Å²) in [5.41, 5.74) is 2.72. The summed E-state index contributed by atoms with van der Waals surface area (Å²) < 4.78 is 6.70. The van der Waals surface area contributed by atoms with Gasteiger partial charge in [0.05, 0.1) is 18.9 Å². The van der Waals surface area contributed by atoms with Gasteiger partial charge in [-0.2, -0.15) is 5.10 Å². The smallest absolute Gasteiger partial charge is 0.328 e. The molecule has 1 unspecified atom stereocenters. The molecule has 1 atom stereocenters. The fourth-order valence-electron chi connectivity index (χ4n) is 2.37. The van der Waals surface area contributed by atoms with Crippen molar-refractivity contribution in [1.29, 1.82) is 0 Å². The van der Waals surface area contributed by atoms with Gasteiger partial charge in [-0.25, -0.2) is 14.3 Å². The zero-order valence-corrected chi connectivity index (χ0v) is 13.9. The molecule has 0 saturated heterocycles. The van der Waals surface area contributed by atoms with Gasteiger partial charge in [0.15, 0.2) is 11.7 Å². The van der Waals surface area contributed by atoms with E-state index in [2.05, 4.69) is 22.0 Å². The van der Waals surface area contributed by atoms with Crippen molar-refractivity contribution in [2.75, 3.05) is 13.2 Å². The first-order valence-electron chi connectivity index (χ1n) is 7.41. The van der Waals surface area contributed by atoms with Gasteiger partial charge in [-0.05, 0) is 26.8 Å². The number of amides is 1. The summed E-state index contributed by atoms with van der Waals surface area (Å²) in [6.07, 6.45) is 1.51. The monoisotopic (exact) mass is 332 g/mol. The van der Waals surface area contributed by atoms with E-state index >= 15 is 0 Å². The molecule has 2 rings (SSSR count). The van der Waals surface area contributed by atoms with E-state index in [0.29, 0.717) is 11.3 Å². The second-order valence-corrected chi connectivity index (χ2v) is 5.43. The molecule has 8 heteroatoms. The van der Waals surface area contributed by atoms with Gasteiger partial charge in [-0.15, -0.1) is 6.58 Å². The highest BCUT2D eigenvalue weighted by molar-refractivity contribution is 6.02. The van der Waals surface area contributed by atoms with E-state index in [1.54, 1.807) is 11.4 Å². The molecule has 8 nitrogen and oxygen atoms in total. The van der Waals surface area contributed by atoms with Crippen LogP contribution in [0.5, 0.6) is 0 Å². The number of fused-ring (bicyclic) bond motifs is 1. The first-order valence-corrected chi connectivity index (χ1v) is 7.41. The Bertz CT molecular complexity index is 797. The third-order valence-corrected chi connectivity index (χ3v) is 3.42. The fraction of sp³-hybridized carbons (Fsp3) is 0.375. The average molecular weight is 332 g/mol. The molecule has 0 aliphatic rings. The Labute approximate surface area is 139 Å². The Morgan fingerprint density at radius 2 is 2.17 bits per heavy atom. The predicted molar refractivity (Wildman–Crippen MR) is 87.1 cm³/mol. The minimum absolute atomic E-state index is 0.156. The summed E-state index contributed by atoms with van der Waals surface area (Å²) in [6, 6.07) is 0.683. The third-order valence-electron chi connectivity index (χ3n) is 3.42. The highest BCUT2D eigenvalue weighted by atomic mass is 16.5. The minimum Gasteiger partial charge on any atom is -0.480 e. The zero-order valence-electron chi connectivity index (χ0n) is 13.9. The molecule has 0 radical (unpaired) electrons. The molecule has 0 bridgehead atoms. The van der Waals surface area contributed by atoms with E-state index in [-0.39, 0.29) is 18.8 Å². The van der Waals surface area contributed by atoms with Crippen LogP contribution in [0.3, 0.4) is 0 Å². The fourth-order valence-corrected chi connectivity index (χ4v) is 2.37. The molecular formula is C16H20N4O4. The normalized spacial score (nSPS) is 12.1. The Morgan fingerprint density at radius 3 is 2.79 bits per heavy atom. The van der Waals surface area contributed by atoms with E-state index in [1.165, 1.54) is 6.08 Å². The quantitative estimate of drug-likeness (QED) is 0.580. The number of hydrogen-bond acceptors (Lipinski definition) is 5. The number of carboxylic acid groups (broad SMARTS) is 1. The van der Waals surface area contributed by atoms with Crippen LogP contribution in [0, 0.1) is 20.8 Å². The number of hydrogen-bond donors (Lipinski definition) is 2. The summed E-state index contributed by atoms with van der Waals surface area (Å²) in [6.45, 7) is 8.90. The topological polar surface area (TPSA) is 106 Å². The Morgan fingerprint density at radius 1 is 1.46 bits per heavy atom. The first-order chi connectivity index (χ1) is 11.3. The van der Waals surface area contributed by atoms with Crippen molar-refractivity contribution in [3.8, 4) is 0 Å². The number of aliphatic carboxylic acids is 1. The molecule has 0 aliphatic carbocycles. The highest BCUT2D eigenvalue weighted by Crippen LogP contribution is 2.16. The molecule has 2 aromatic rings. The second kappa shape index (κ2) is 7.22. The summed E-state index contributed by atoms with van der Waals surface area (Å²) in [5, 5.41) is 16.0. The third kappa shape index (κ3) is 3.60. The average Bonchev–Trinajstić information content (AvgIpc) is 2.82. The lowest BCUT2D eigenvalue weighted by atomic mass is 10.2. The van der Waals surface area contributed by atoms with Crippen molar-refractivity contribution < 1.29 is 19.4 Å². The van der Waals surface area contributed by atoms with E-state index in [1.807, 2.05) is 19.9 Å². The maximum absolute atomic E-state index is 12.6. The van der Waals surface area contributed by atoms with Gasteiger partial charge in [0.1, 0.15) is 5.56 Å². The maximum Gasteiger partial charge on any atom is 0.328 e. The number of nitrogens with one attached hydrogen (secondary N) is 1. The van der Waals surface area contributed by atoms with Gasteiger partial charge in [0.25, 0.3) is 5.91 Å². The lowest BCUT2D eigenvalue weighted by molar-refractivity contribution is -0.140. The number of nitrogens with zero attached hydrogens (tertiary/aromatic N) is 3. The second-order valence-electron chi connectivity index (χ2n) is 5.43. The zero-order chi connectivity index (χ0) is 17.9. The van der Waals surface area contributed by atoms with Crippen molar-refractivity contribution in [3.05, 3.63) is 41.4 Å². The highest BCUT2D eigenvalue weighted by Gasteiger charge is 2.25. The Kier molecular flexibility index (Phi) is 5.30. The lowest BCUT2D eigenvalue weighted by Crippen LogP contribution is -2.44. The van der Waals surface area contributed by atoms with Crippen molar-refractivity contribution in [2.24, 2.45) is 0 Å². The number of carboxylic acids is 1. The number of ether oxygens (including phenoxy) is 1. The molecule has 24 heavy (non-hydrogen) atoms. The van der Waals surface area contributed by atoms with Crippen LogP contribution >= 0.6 is 0 Å². The van der Waals surface area contributed by atoms with Gasteiger partial charge >= 0.3 is 5.97 Å². The molecule has 0 spiro atoms. The number of carbonyl (C=O) groups is 2. The molecule has 0 aromatic carbocycles. The van der Waals surface area contributed by atoms with Crippen LogP contribution in [0.2, 0.25) is 0 Å². The molecule has 0 aliphatic heterocycles. The Balaban J connectivity index is 2.31. The van der Waals surface area contributed by atoms with Gasteiger partial charge < -0.3 is 15.2 Å². The van der Waals surface area contributed by atoms with Crippen molar-refractivity contribution in [1.82, 2.24) is 19.9 Å². The SMILES string of the molecule is C=CCOCC(NC(=O)c1c(C)nn2c(C)cc(C)nc12)C(=O)O. The van der Waals surface area contributed by atoms with Crippen LogP contribution in [0.1, 0.15) is 27.4 Å². The number of carbonyl (C=O) groups excluding carboxylic acids is 1. The minimum atomic E-state index is -1.18. The van der Waals surface area contributed by atoms with Crippen LogP contribution in [-0.4, -0.2) is 50.8 Å². The van der Waals surface area contributed by atoms with E-state index < -0.39 is 17.9 Å². The molecule has 0 fully saturated rings. The van der Waals surface area contributed by atoms with E-state index in [9.17, 15) is 14.7 Å². The summed E-state index contributed by atoms with van der Waals surface area (Å²) in [4.78, 5) is 28.2. The summed E-state index contributed by atoms with van der Waals surface area (Å²) >= 11 is 0. The van der Waals surface area contributed by atoms with Gasteiger partial charge in [-0.1, -0.05) is 6.08 Å². The van der Waals surface area contributed by atoms with Crippen LogP contribution in [-0.2, 0) is 9.53 Å². The van der Waals surface area contributed by atoms with Crippen molar-refractivity contribution in [2.45, 2.75) is 26.8 Å².